The molecule has 2 nitrogen and oxygen atoms in total. The van der Waals surface area contributed by atoms with E-state index in [-0.39, 0.29) is 0 Å². The Hall–Kier alpha value is -0.200. The van der Waals surface area contributed by atoms with Gasteiger partial charge < -0.3 is 5.73 Å². The van der Waals surface area contributed by atoms with Gasteiger partial charge in [-0.25, -0.2) is 0 Å². The second-order valence-electron chi connectivity index (χ2n) is 4.76. The van der Waals surface area contributed by atoms with E-state index in [1.54, 1.807) is 0 Å². The predicted octanol–water partition coefficient (Wildman–Crippen LogP) is 3.07. The Bertz CT molecular complexity index is 214. The van der Waals surface area contributed by atoms with E-state index in [1.807, 2.05) is 6.92 Å². The van der Waals surface area contributed by atoms with Gasteiger partial charge in [0.2, 0.25) is 0 Å². The van der Waals surface area contributed by atoms with Crippen molar-refractivity contribution in [2.45, 2.75) is 62.7 Å². The van der Waals surface area contributed by atoms with E-state index in [9.17, 15) is 0 Å². The molecule has 1 fully saturated rings. The molecule has 0 aromatic carbocycles. The minimum absolute atomic E-state index is 0.613. The topological polar surface area (TPSA) is 49.8 Å². The monoisotopic (exact) mass is 226 g/mol. The maximum absolute atomic E-state index is 8.74. The number of hydrogen-bond acceptors (Lipinski definition) is 3. The lowest BCUT2D eigenvalue weighted by Crippen LogP contribution is -2.33. The van der Waals surface area contributed by atoms with Crippen LogP contribution in [0.5, 0.6) is 0 Å². The summed E-state index contributed by atoms with van der Waals surface area (Å²) in [6.45, 7) is 1.82. The fraction of sp³-hybridized carbons (Fsp3) is 0.917. The molecular formula is C12H22N2S. The smallest absolute Gasteiger partial charge is 0.101 e. The number of nitriles is 1. The highest BCUT2D eigenvalue weighted by Crippen LogP contribution is 2.30. The van der Waals surface area contributed by atoms with Crippen molar-refractivity contribution in [1.29, 1.82) is 5.26 Å². The fourth-order valence-corrected chi connectivity index (χ4v) is 3.33. The van der Waals surface area contributed by atoms with Crippen molar-refractivity contribution >= 4 is 11.8 Å². The lowest BCUT2D eigenvalue weighted by atomic mass is 9.99. The molecule has 1 saturated carbocycles. The number of thioether (sulfide) groups is 1. The van der Waals surface area contributed by atoms with Gasteiger partial charge in [0.25, 0.3) is 0 Å². The van der Waals surface area contributed by atoms with Crippen LogP contribution in [0.1, 0.15) is 51.9 Å². The Labute approximate surface area is 97.6 Å². The molecular weight excluding hydrogens is 204 g/mol. The fourth-order valence-electron chi connectivity index (χ4n) is 1.96. The lowest BCUT2D eigenvalue weighted by molar-refractivity contribution is 0.518. The van der Waals surface area contributed by atoms with Crippen molar-refractivity contribution in [2.24, 2.45) is 5.73 Å². The van der Waals surface area contributed by atoms with Crippen LogP contribution in [0.4, 0.5) is 0 Å². The first-order valence-electron chi connectivity index (χ1n) is 5.96. The summed E-state index contributed by atoms with van der Waals surface area (Å²) in [5.41, 5.74) is 5.14. The molecule has 0 saturated heterocycles. The van der Waals surface area contributed by atoms with Gasteiger partial charge in [0.1, 0.15) is 5.54 Å². The van der Waals surface area contributed by atoms with E-state index in [0.717, 1.165) is 18.1 Å². The zero-order valence-electron chi connectivity index (χ0n) is 9.67. The average Bonchev–Trinajstić information content (AvgIpc) is 2.70. The number of nitrogens with zero attached hydrogens (tertiary/aromatic N) is 1. The molecule has 1 aliphatic carbocycles. The highest BCUT2D eigenvalue weighted by molar-refractivity contribution is 7.99. The summed E-state index contributed by atoms with van der Waals surface area (Å²) in [7, 11) is 0. The molecule has 0 spiro atoms. The van der Waals surface area contributed by atoms with Crippen LogP contribution in [0.25, 0.3) is 0 Å². The molecule has 0 bridgehead atoms. The minimum atomic E-state index is -0.613. The van der Waals surface area contributed by atoms with Gasteiger partial charge in [-0.1, -0.05) is 12.8 Å². The van der Waals surface area contributed by atoms with Crippen molar-refractivity contribution in [2.75, 3.05) is 5.75 Å². The quantitative estimate of drug-likeness (QED) is 0.708. The number of hydrogen-bond donors (Lipinski definition) is 1. The molecule has 0 aromatic rings. The van der Waals surface area contributed by atoms with Gasteiger partial charge in [-0.3, -0.25) is 0 Å². The summed E-state index contributed by atoms with van der Waals surface area (Å²) in [5, 5.41) is 9.66. The highest BCUT2D eigenvalue weighted by atomic mass is 32.2. The minimum Gasteiger partial charge on any atom is -0.314 e. The molecule has 1 unspecified atom stereocenters. The molecule has 3 heteroatoms. The second kappa shape index (κ2) is 6.40. The molecule has 0 amide bonds. The Balaban J connectivity index is 1.95. The summed E-state index contributed by atoms with van der Waals surface area (Å²) in [6, 6.07) is 2.14. The molecule has 86 valence electrons. The molecule has 0 aromatic heterocycles. The summed E-state index contributed by atoms with van der Waals surface area (Å²) in [4.78, 5) is 0. The van der Waals surface area contributed by atoms with E-state index < -0.39 is 5.54 Å². The van der Waals surface area contributed by atoms with E-state index in [2.05, 4.69) is 17.8 Å². The van der Waals surface area contributed by atoms with Gasteiger partial charge in [0, 0.05) is 5.25 Å². The SMILES string of the molecule is CC(N)(C#N)CCCCSC1CCCC1. The van der Waals surface area contributed by atoms with Crippen molar-refractivity contribution in [1.82, 2.24) is 0 Å². The van der Waals surface area contributed by atoms with Crippen molar-refractivity contribution in [3.05, 3.63) is 0 Å². The summed E-state index contributed by atoms with van der Waals surface area (Å²) >= 11 is 2.12. The Morgan fingerprint density at radius 1 is 1.40 bits per heavy atom. The van der Waals surface area contributed by atoms with Crippen molar-refractivity contribution in [3.63, 3.8) is 0 Å². The Kier molecular flexibility index (Phi) is 5.49. The highest BCUT2D eigenvalue weighted by Gasteiger charge is 2.17. The van der Waals surface area contributed by atoms with E-state index in [1.165, 1.54) is 37.9 Å². The van der Waals surface area contributed by atoms with Crippen LogP contribution in [-0.2, 0) is 0 Å². The van der Waals surface area contributed by atoms with Gasteiger partial charge in [0.15, 0.2) is 0 Å². The summed E-state index contributed by atoms with van der Waals surface area (Å²) in [6.07, 6.45) is 8.79. The lowest BCUT2D eigenvalue weighted by Gasteiger charge is -2.14. The predicted molar refractivity (Wildman–Crippen MR) is 66.8 cm³/mol. The van der Waals surface area contributed by atoms with Crippen molar-refractivity contribution < 1.29 is 0 Å². The van der Waals surface area contributed by atoms with Crippen LogP contribution >= 0.6 is 11.8 Å². The summed E-state index contributed by atoms with van der Waals surface area (Å²) in [5.74, 6) is 1.24. The summed E-state index contributed by atoms with van der Waals surface area (Å²) < 4.78 is 0. The molecule has 2 N–H and O–H groups in total. The zero-order chi connectivity index (χ0) is 11.1. The maximum atomic E-state index is 8.74. The van der Waals surface area contributed by atoms with Crippen LogP contribution in [0, 0.1) is 11.3 Å². The molecule has 15 heavy (non-hydrogen) atoms. The average molecular weight is 226 g/mol. The van der Waals surface area contributed by atoms with Crippen LogP contribution in [0.15, 0.2) is 0 Å². The third kappa shape index (κ3) is 5.44. The van der Waals surface area contributed by atoms with Crippen LogP contribution < -0.4 is 5.73 Å². The van der Waals surface area contributed by atoms with Crippen LogP contribution in [-0.4, -0.2) is 16.5 Å². The molecule has 0 heterocycles. The van der Waals surface area contributed by atoms with Gasteiger partial charge in [-0.15, -0.1) is 0 Å². The van der Waals surface area contributed by atoms with Gasteiger partial charge in [-0.2, -0.15) is 17.0 Å². The van der Waals surface area contributed by atoms with Crippen LogP contribution in [0.3, 0.4) is 0 Å². The first-order valence-corrected chi connectivity index (χ1v) is 7.01. The Morgan fingerprint density at radius 3 is 2.67 bits per heavy atom. The number of unbranched alkanes of at least 4 members (excludes halogenated alkanes) is 1. The Morgan fingerprint density at radius 2 is 2.07 bits per heavy atom. The van der Waals surface area contributed by atoms with E-state index >= 15 is 0 Å². The molecule has 0 aliphatic heterocycles. The normalized spacial score (nSPS) is 21.1. The first-order chi connectivity index (χ1) is 7.14. The first kappa shape index (κ1) is 12.9. The third-order valence-corrected chi connectivity index (χ3v) is 4.47. The van der Waals surface area contributed by atoms with Gasteiger partial charge >= 0.3 is 0 Å². The molecule has 1 rings (SSSR count). The number of nitrogens with two attached hydrogens (primary N) is 1. The zero-order valence-corrected chi connectivity index (χ0v) is 10.5. The second-order valence-corrected chi connectivity index (χ2v) is 6.17. The standard InChI is InChI=1S/C12H22N2S/c1-12(14,10-13)8-4-5-9-15-11-6-2-3-7-11/h11H,2-9,14H2,1H3. The van der Waals surface area contributed by atoms with Gasteiger partial charge in [-0.05, 0) is 44.8 Å². The van der Waals surface area contributed by atoms with E-state index in [0.29, 0.717) is 0 Å². The maximum Gasteiger partial charge on any atom is 0.101 e. The van der Waals surface area contributed by atoms with Gasteiger partial charge in [0.05, 0.1) is 6.07 Å². The third-order valence-electron chi connectivity index (χ3n) is 3.00. The van der Waals surface area contributed by atoms with Crippen molar-refractivity contribution in [3.8, 4) is 6.07 Å². The largest absolute Gasteiger partial charge is 0.314 e. The van der Waals surface area contributed by atoms with Crippen LogP contribution in [0.2, 0.25) is 0 Å². The molecule has 0 radical (unpaired) electrons. The van der Waals surface area contributed by atoms with E-state index in [4.69, 9.17) is 11.0 Å². The number of rotatable bonds is 6. The molecule has 1 atom stereocenters. The molecule has 1 aliphatic rings.